The molecule has 0 saturated carbocycles. The first kappa shape index (κ1) is 14.4. The van der Waals surface area contributed by atoms with E-state index in [4.69, 9.17) is 0 Å². The van der Waals surface area contributed by atoms with Gasteiger partial charge in [-0.2, -0.15) is 0 Å². The van der Waals surface area contributed by atoms with Gasteiger partial charge < -0.3 is 10.3 Å². The molecular weight excluding hydrogens is 284 g/mol. The van der Waals surface area contributed by atoms with Crippen molar-refractivity contribution in [1.82, 2.24) is 5.32 Å². The summed E-state index contributed by atoms with van der Waals surface area (Å²) >= 11 is 0. The van der Waals surface area contributed by atoms with Gasteiger partial charge >= 0.3 is 0 Å². The average molecular weight is 304 g/mol. The Morgan fingerprint density at radius 1 is 0.957 bits per heavy atom. The van der Waals surface area contributed by atoms with Crippen molar-refractivity contribution in [2.45, 2.75) is 12.2 Å². The Kier molecular flexibility index (Phi) is 3.83. The maximum Gasteiger partial charge on any atom is 0.152 e. The summed E-state index contributed by atoms with van der Waals surface area (Å²) in [6.45, 7) is 0.532. The van der Waals surface area contributed by atoms with Crippen LogP contribution in [0.1, 0.15) is 17.2 Å². The van der Waals surface area contributed by atoms with Crippen LogP contribution in [-0.2, 0) is 0 Å². The second-order valence-electron chi connectivity index (χ2n) is 6.15. The molecule has 0 aromatic heterocycles. The van der Waals surface area contributed by atoms with Crippen LogP contribution in [0.4, 0.5) is 0 Å². The lowest BCUT2D eigenvalue weighted by Gasteiger charge is -2.43. The van der Waals surface area contributed by atoms with Crippen LogP contribution in [0, 0.1) is 11.1 Å². The normalized spacial score (nSPS) is 29.7. The zero-order valence-electron chi connectivity index (χ0n) is 12.9. The highest BCUT2D eigenvalue weighted by atomic mass is 16.5. The quantitative estimate of drug-likeness (QED) is 0.660. The number of hydrogen-bond donors (Lipinski definition) is 2. The molecule has 4 atom stereocenters. The van der Waals surface area contributed by atoms with Gasteiger partial charge in [-0.15, -0.1) is 0 Å². The molecule has 0 radical (unpaired) electrons. The van der Waals surface area contributed by atoms with E-state index in [2.05, 4.69) is 53.9 Å². The smallest absolute Gasteiger partial charge is 0.152 e. The van der Waals surface area contributed by atoms with E-state index >= 15 is 0 Å². The molecule has 0 bridgehead atoms. The second kappa shape index (κ2) is 6.13. The number of hydrogen-bond acceptors (Lipinski definition) is 2. The van der Waals surface area contributed by atoms with Crippen LogP contribution < -0.4 is 10.4 Å². The second-order valence-corrected chi connectivity index (χ2v) is 6.15. The highest BCUT2D eigenvalue weighted by Crippen LogP contribution is 2.35. The van der Waals surface area contributed by atoms with Gasteiger partial charge in [0.05, 0.1) is 18.5 Å². The summed E-state index contributed by atoms with van der Waals surface area (Å²) in [5.74, 6) is 0.145. The Hall–Kier alpha value is -2.20. The molecule has 0 spiro atoms. The lowest BCUT2D eigenvalue weighted by molar-refractivity contribution is -0.878. The molecule has 2 aliphatic heterocycles. The summed E-state index contributed by atoms with van der Waals surface area (Å²) in [7, 11) is 0. The molecule has 23 heavy (non-hydrogen) atoms. The van der Waals surface area contributed by atoms with Crippen LogP contribution in [0.3, 0.4) is 0 Å². The third-order valence-electron chi connectivity index (χ3n) is 4.68. The molecule has 0 aliphatic carbocycles. The van der Waals surface area contributed by atoms with E-state index in [1.165, 1.54) is 16.7 Å². The molecule has 116 valence electrons. The van der Waals surface area contributed by atoms with Crippen LogP contribution in [0.2, 0.25) is 0 Å². The Balaban J connectivity index is 1.80. The van der Waals surface area contributed by atoms with E-state index in [1.54, 1.807) is 0 Å². The molecule has 3 nitrogen and oxygen atoms in total. The molecule has 3 heteroatoms. The van der Waals surface area contributed by atoms with Gasteiger partial charge in [0, 0.05) is 0 Å². The van der Waals surface area contributed by atoms with Crippen molar-refractivity contribution in [2.75, 3.05) is 6.54 Å². The Bertz CT molecular complexity index is 724. The number of fused-ring (bicyclic) bond motifs is 1. The largest absolute Gasteiger partial charge is 0.633 e. The molecule has 2 heterocycles. The summed E-state index contributed by atoms with van der Waals surface area (Å²) in [6.07, 6.45) is 6.30. The van der Waals surface area contributed by atoms with Crippen molar-refractivity contribution in [3.8, 4) is 0 Å². The Morgan fingerprint density at radius 3 is 2.39 bits per heavy atom. The van der Waals surface area contributed by atoms with Crippen LogP contribution in [-0.4, -0.2) is 12.7 Å². The number of quaternary nitrogens is 1. The van der Waals surface area contributed by atoms with Crippen LogP contribution in [0.15, 0.2) is 78.9 Å². The molecule has 2 aromatic carbocycles. The minimum atomic E-state index is -0.113. The van der Waals surface area contributed by atoms with Crippen molar-refractivity contribution < 1.29 is 5.06 Å². The van der Waals surface area contributed by atoms with E-state index < -0.39 is 0 Å². The van der Waals surface area contributed by atoms with Crippen molar-refractivity contribution >= 4 is 5.57 Å². The third-order valence-corrected chi connectivity index (χ3v) is 4.68. The average Bonchev–Trinajstić information content (AvgIpc) is 2.63. The van der Waals surface area contributed by atoms with E-state index in [-0.39, 0.29) is 23.2 Å². The topological polar surface area (TPSA) is 39.5 Å². The summed E-state index contributed by atoms with van der Waals surface area (Å²) < 4.78 is 0. The number of benzene rings is 2. The van der Waals surface area contributed by atoms with Gasteiger partial charge in [0.2, 0.25) is 0 Å². The standard InChI is InChI=1S/C20H20N2O/c23-22-13-7-12-17-14-18(15-8-3-1-4-9-15)19(21-20(17)22)16-10-5-2-6-11-16/h1-12,14,17,19-22H,13H2. The monoisotopic (exact) mass is 304 g/mol. The lowest BCUT2D eigenvalue weighted by atomic mass is 9.84. The van der Waals surface area contributed by atoms with Gasteiger partial charge in [-0.05, 0) is 22.8 Å². The number of nitrogens with one attached hydrogen (secondary N) is 2. The fourth-order valence-electron chi connectivity index (χ4n) is 3.54. The maximum atomic E-state index is 12.3. The van der Waals surface area contributed by atoms with Crippen LogP contribution >= 0.6 is 0 Å². The summed E-state index contributed by atoms with van der Waals surface area (Å²) in [5, 5.41) is 16.2. The van der Waals surface area contributed by atoms with Gasteiger partial charge in [-0.25, -0.2) is 0 Å². The minimum absolute atomic E-state index is 0.0512. The highest BCUT2D eigenvalue weighted by molar-refractivity contribution is 5.72. The van der Waals surface area contributed by atoms with E-state index in [9.17, 15) is 5.21 Å². The zero-order valence-corrected chi connectivity index (χ0v) is 12.9. The maximum absolute atomic E-state index is 12.3. The molecule has 2 aromatic rings. The number of rotatable bonds is 2. The molecule has 0 amide bonds. The van der Waals surface area contributed by atoms with Crippen molar-refractivity contribution in [1.29, 1.82) is 0 Å². The van der Waals surface area contributed by atoms with Crippen molar-refractivity contribution in [3.63, 3.8) is 0 Å². The molecule has 4 rings (SSSR count). The van der Waals surface area contributed by atoms with Gasteiger partial charge in [0.25, 0.3) is 0 Å². The highest BCUT2D eigenvalue weighted by Gasteiger charge is 2.35. The van der Waals surface area contributed by atoms with Crippen LogP contribution in [0.25, 0.3) is 5.57 Å². The van der Waals surface area contributed by atoms with Gasteiger partial charge in [-0.1, -0.05) is 72.8 Å². The molecule has 0 fully saturated rings. The Labute approximate surface area is 136 Å². The molecular formula is C20H20N2O. The first-order valence-corrected chi connectivity index (χ1v) is 8.10. The predicted octanol–water partition coefficient (Wildman–Crippen LogP) is 2.31. The summed E-state index contributed by atoms with van der Waals surface area (Å²) in [4.78, 5) is 0. The minimum Gasteiger partial charge on any atom is -0.633 e. The van der Waals surface area contributed by atoms with E-state index in [0.717, 1.165) is 0 Å². The van der Waals surface area contributed by atoms with Gasteiger partial charge in [0.15, 0.2) is 6.17 Å². The first-order valence-electron chi connectivity index (χ1n) is 8.10. The molecule has 4 unspecified atom stereocenters. The summed E-state index contributed by atoms with van der Waals surface area (Å²) in [6, 6.07) is 20.9. The van der Waals surface area contributed by atoms with E-state index in [0.29, 0.717) is 6.54 Å². The number of hydroxylamine groups is 2. The third kappa shape index (κ3) is 2.75. The van der Waals surface area contributed by atoms with Crippen molar-refractivity contribution in [3.05, 3.63) is 95.2 Å². The van der Waals surface area contributed by atoms with Crippen LogP contribution in [0.5, 0.6) is 0 Å². The summed E-state index contributed by atoms with van der Waals surface area (Å²) in [5.41, 5.74) is 3.65. The predicted molar refractivity (Wildman–Crippen MR) is 92.4 cm³/mol. The molecule has 0 saturated heterocycles. The van der Waals surface area contributed by atoms with E-state index in [1.807, 2.05) is 30.3 Å². The zero-order chi connectivity index (χ0) is 15.6. The van der Waals surface area contributed by atoms with Gasteiger partial charge in [-0.3, -0.25) is 5.32 Å². The lowest BCUT2D eigenvalue weighted by Crippen LogP contribution is -3.14. The SMILES string of the molecule is [O-][NH+]1CC=CC2C=C(c3ccccc3)C(c3ccccc3)NC21. The Morgan fingerprint density at radius 2 is 1.65 bits per heavy atom. The van der Waals surface area contributed by atoms with Gasteiger partial charge in [0.1, 0.15) is 0 Å². The van der Waals surface area contributed by atoms with Crippen molar-refractivity contribution in [2.24, 2.45) is 5.92 Å². The fraction of sp³-hybridized carbons (Fsp3) is 0.200. The molecule has 2 N–H and O–H groups in total. The fourth-order valence-corrected chi connectivity index (χ4v) is 3.54. The first-order chi connectivity index (χ1) is 11.3. The molecule has 2 aliphatic rings.